The van der Waals surface area contributed by atoms with Crippen molar-refractivity contribution >= 4 is 51.6 Å². The number of fused-ring (bicyclic) bond motifs is 1. The second kappa shape index (κ2) is 12.6. The van der Waals surface area contributed by atoms with Gasteiger partial charge in [0.05, 0.1) is 18.4 Å². The number of amides is 1. The van der Waals surface area contributed by atoms with Gasteiger partial charge in [-0.1, -0.05) is 41.9 Å². The van der Waals surface area contributed by atoms with Gasteiger partial charge in [0.2, 0.25) is 5.91 Å². The molecular formula is C26H29ClN4O4S2. The molecule has 1 aliphatic carbocycles. The fourth-order valence-electron chi connectivity index (χ4n) is 4.25. The highest BCUT2D eigenvalue weighted by Crippen LogP contribution is 2.38. The summed E-state index contributed by atoms with van der Waals surface area (Å²) in [5.74, 6) is 0.688. The molecule has 1 N–H and O–H groups in total. The van der Waals surface area contributed by atoms with E-state index in [-0.39, 0.29) is 11.7 Å². The zero-order chi connectivity index (χ0) is 26.4. The summed E-state index contributed by atoms with van der Waals surface area (Å²) in [6, 6.07) is 7.15. The van der Waals surface area contributed by atoms with E-state index in [9.17, 15) is 9.59 Å². The van der Waals surface area contributed by atoms with Crippen molar-refractivity contribution in [1.82, 2.24) is 14.8 Å². The van der Waals surface area contributed by atoms with Crippen LogP contribution in [-0.2, 0) is 28.9 Å². The van der Waals surface area contributed by atoms with Crippen molar-refractivity contribution in [3.63, 3.8) is 0 Å². The monoisotopic (exact) mass is 560 g/mol. The van der Waals surface area contributed by atoms with Gasteiger partial charge in [-0.2, -0.15) is 0 Å². The summed E-state index contributed by atoms with van der Waals surface area (Å²) in [4.78, 5) is 26.6. The van der Waals surface area contributed by atoms with Crippen molar-refractivity contribution in [3.8, 4) is 5.75 Å². The molecular weight excluding hydrogens is 532 g/mol. The zero-order valence-electron chi connectivity index (χ0n) is 20.8. The lowest BCUT2D eigenvalue weighted by Gasteiger charge is -2.16. The fraction of sp³-hybridized carbons (Fsp3) is 0.385. The van der Waals surface area contributed by atoms with Crippen LogP contribution in [0.4, 0.5) is 5.00 Å². The fourth-order valence-corrected chi connectivity index (χ4v) is 6.48. The molecule has 0 fully saturated rings. The van der Waals surface area contributed by atoms with Crippen LogP contribution in [0.5, 0.6) is 5.75 Å². The van der Waals surface area contributed by atoms with Gasteiger partial charge in [-0.25, -0.2) is 4.79 Å². The summed E-state index contributed by atoms with van der Waals surface area (Å²) in [5.41, 5.74) is 1.51. The third kappa shape index (κ3) is 6.55. The number of thioether (sulfide) groups is 1. The summed E-state index contributed by atoms with van der Waals surface area (Å²) in [5, 5.41) is 13.2. The molecule has 0 bridgehead atoms. The number of aryl methyl sites for hydroxylation is 1. The number of rotatable bonds is 10. The second-order valence-corrected chi connectivity index (χ2v) is 11.0. The molecule has 0 saturated heterocycles. The Morgan fingerprint density at radius 2 is 2.11 bits per heavy atom. The normalized spacial score (nSPS) is 13.8. The molecule has 1 unspecified atom stereocenters. The van der Waals surface area contributed by atoms with Crippen molar-refractivity contribution in [2.75, 3.05) is 18.2 Å². The maximum atomic E-state index is 12.9. The number of carbonyl (C=O) groups excluding carboxylic acids is 2. The number of halogens is 1. The van der Waals surface area contributed by atoms with Crippen LogP contribution in [0, 0.1) is 0 Å². The van der Waals surface area contributed by atoms with E-state index >= 15 is 0 Å². The van der Waals surface area contributed by atoms with Crippen LogP contribution < -0.4 is 10.1 Å². The predicted molar refractivity (Wildman–Crippen MR) is 147 cm³/mol. The third-order valence-corrected chi connectivity index (χ3v) is 8.33. The molecule has 3 aromatic rings. The summed E-state index contributed by atoms with van der Waals surface area (Å²) in [7, 11) is 1.37. The van der Waals surface area contributed by atoms with Crippen LogP contribution >= 0.6 is 34.7 Å². The van der Waals surface area contributed by atoms with Crippen LogP contribution in [0.15, 0.2) is 42.1 Å². The Morgan fingerprint density at radius 3 is 2.86 bits per heavy atom. The minimum absolute atomic E-state index is 0.0992. The summed E-state index contributed by atoms with van der Waals surface area (Å²) in [6.45, 7) is 6.16. The summed E-state index contributed by atoms with van der Waals surface area (Å²) in [6.07, 6.45) is 6.32. The van der Waals surface area contributed by atoms with Crippen molar-refractivity contribution < 1.29 is 19.1 Å². The highest BCUT2D eigenvalue weighted by atomic mass is 35.5. The first-order valence-corrected chi connectivity index (χ1v) is 14.2. The molecule has 196 valence electrons. The number of hydrogen-bond donors (Lipinski definition) is 1. The molecule has 1 amide bonds. The van der Waals surface area contributed by atoms with Gasteiger partial charge in [0.1, 0.15) is 10.8 Å². The van der Waals surface area contributed by atoms with Crippen molar-refractivity contribution in [2.45, 2.75) is 56.8 Å². The van der Waals surface area contributed by atoms with Gasteiger partial charge in [-0.15, -0.1) is 28.1 Å². The zero-order valence-corrected chi connectivity index (χ0v) is 23.2. The molecule has 0 aliphatic heterocycles. The van der Waals surface area contributed by atoms with Gasteiger partial charge in [-0.3, -0.25) is 9.36 Å². The topological polar surface area (TPSA) is 95.3 Å². The Labute approximate surface area is 229 Å². The van der Waals surface area contributed by atoms with Crippen LogP contribution in [0.25, 0.3) is 0 Å². The number of hydrogen-bond acceptors (Lipinski definition) is 8. The van der Waals surface area contributed by atoms with E-state index in [4.69, 9.17) is 21.1 Å². The number of nitrogens with one attached hydrogen (secondary N) is 1. The highest BCUT2D eigenvalue weighted by Gasteiger charge is 2.27. The number of thiophene rings is 1. The minimum Gasteiger partial charge on any atom is -0.483 e. The number of carbonyl (C=O) groups is 2. The van der Waals surface area contributed by atoms with Gasteiger partial charge in [-0.05, 0) is 56.4 Å². The number of esters is 1. The van der Waals surface area contributed by atoms with Gasteiger partial charge in [0.15, 0.2) is 17.1 Å². The molecule has 0 radical (unpaired) electrons. The number of ether oxygens (including phenoxy) is 2. The average molecular weight is 561 g/mol. The molecule has 1 aliphatic rings. The molecule has 2 heterocycles. The molecule has 37 heavy (non-hydrogen) atoms. The number of nitrogens with zero attached hydrogens (tertiary/aromatic N) is 3. The molecule has 2 aromatic heterocycles. The van der Waals surface area contributed by atoms with E-state index in [2.05, 4.69) is 22.1 Å². The van der Waals surface area contributed by atoms with Crippen LogP contribution in [0.1, 0.15) is 58.9 Å². The largest absolute Gasteiger partial charge is 0.483 e. The summed E-state index contributed by atoms with van der Waals surface area (Å²) < 4.78 is 12.9. The first-order valence-electron chi connectivity index (χ1n) is 12.0. The van der Waals surface area contributed by atoms with E-state index in [1.165, 1.54) is 30.2 Å². The predicted octanol–water partition coefficient (Wildman–Crippen LogP) is 6.11. The molecule has 1 aromatic carbocycles. The quantitative estimate of drug-likeness (QED) is 0.138. The first kappa shape index (κ1) is 27.2. The lowest BCUT2D eigenvalue weighted by atomic mass is 10.1. The molecule has 1 atom stereocenters. The number of allylic oxidation sites excluding steroid dienone is 1. The van der Waals surface area contributed by atoms with Gasteiger partial charge >= 0.3 is 5.97 Å². The standard InChI is InChI=1S/C26H29ClN4O4S2/c1-4-13-31-23(16(2)35-18-10-8-9-17(27)14-18)29-30-26(31)36-15-21(32)28-24-22(25(33)34-3)19-11-6-5-7-12-20(19)37-24/h4,8-10,14,16H,1,5-7,11-13,15H2,2-3H3,(H,28,32). The second-order valence-electron chi connectivity index (χ2n) is 8.55. The van der Waals surface area contributed by atoms with Gasteiger partial charge < -0.3 is 14.8 Å². The number of anilines is 1. The Morgan fingerprint density at radius 1 is 1.30 bits per heavy atom. The van der Waals surface area contributed by atoms with E-state index in [0.717, 1.165) is 42.5 Å². The van der Waals surface area contributed by atoms with Crippen LogP contribution in [0.3, 0.4) is 0 Å². The molecule has 8 nitrogen and oxygen atoms in total. The van der Waals surface area contributed by atoms with Crippen LogP contribution in [-0.4, -0.2) is 39.5 Å². The Bertz CT molecular complexity index is 1290. The molecule has 11 heteroatoms. The maximum absolute atomic E-state index is 12.9. The van der Waals surface area contributed by atoms with Gasteiger partial charge in [0, 0.05) is 16.4 Å². The molecule has 0 spiro atoms. The van der Waals surface area contributed by atoms with E-state index < -0.39 is 12.1 Å². The van der Waals surface area contributed by atoms with E-state index in [1.807, 2.05) is 23.6 Å². The molecule has 0 saturated carbocycles. The maximum Gasteiger partial charge on any atom is 0.341 e. The Kier molecular flexibility index (Phi) is 9.28. The van der Waals surface area contributed by atoms with E-state index in [0.29, 0.717) is 38.9 Å². The third-order valence-electron chi connectivity index (χ3n) is 5.93. The minimum atomic E-state index is -0.411. The lowest BCUT2D eigenvalue weighted by Crippen LogP contribution is -2.17. The molecule has 4 rings (SSSR count). The van der Waals surface area contributed by atoms with Gasteiger partial charge in [0.25, 0.3) is 0 Å². The van der Waals surface area contributed by atoms with E-state index in [1.54, 1.807) is 18.2 Å². The van der Waals surface area contributed by atoms with Crippen molar-refractivity contribution in [2.24, 2.45) is 0 Å². The summed E-state index contributed by atoms with van der Waals surface area (Å²) >= 11 is 8.80. The van der Waals surface area contributed by atoms with Crippen molar-refractivity contribution in [1.29, 1.82) is 0 Å². The number of aromatic nitrogens is 3. The van der Waals surface area contributed by atoms with Crippen molar-refractivity contribution in [3.05, 3.63) is 63.8 Å². The Balaban J connectivity index is 1.46. The smallest absolute Gasteiger partial charge is 0.341 e. The lowest BCUT2D eigenvalue weighted by molar-refractivity contribution is -0.113. The highest BCUT2D eigenvalue weighted by molar-refractivity contribution is 7.99. The SMILES string of the molecule is C=CCn1c(SCC(=O)Nc2sc3c(c2C(=O)OC)CCCCC3)nnc1C(C)Oc1cccc(Cl)c1. The number of benzene rings is 1. The number of methoxy groups -OCH3 is 1. The van der Waals surface area contributed by atoms with Crippen LogP contribution in [0.2, 0.25) is 5.02 Å². The Hall–Kier alpha value is -2.82. The average Bonchev–Trinajstić information content (AvgIpc) is 3.34. The first-order chi connectivity index (χ1) is 17.9.